The topological polar surface area (TPSA) is 59.1 Å². The van der Waals surface area contributed by atoms with Crippen molar-refractivity contribution in [1.82, 2.24) is 9.80 Å². The number of ether oxygens (including phenoxy) is 2. The van der Waals surface area contributed by atoms with Crippen molar-refractivity contribution in [2.45, 2.75) is 104 Å². The molecule has 0 saturated carbocycles. The summed E-state index contributed by atoms with van der Waals surface area (Å²) in [5, 5.41) is 0. The molecule has 38 heavy (non-hydrogen) atoms. The van der Waals surface area contributed by atoms with Crippen LogP contribution in [0.5, 0.6) is 0 Å². The molecule has 2 amide bonds. The molecule has 1 aliphatic carbocycles. The fourth-order valence-electron chi connectivity index (χ4n) is 6.16. The van der Waals surface area contributed by atoms with Crippen LogP contribution in [-0.4, -0.2) is 73.7 Å². The molecule has 2 aliphatic rings. The van der Waals surface area contributed by atoms with Crippen molar-refractivity contribution in [1.29, 1.82) is 0 Å². The van der Waals surface area contributed by atoms with Crippen molar-refractivity contribution in [2.75, 3.05) is 27.8 Å². The monoisotopic (exact) mass is 530 g/mol. The summed E-state index contributed by atoms with van der Waals surface area (Å²) in [6.07, 6.45) is 18.3. The standard InChI is InChI=1S/C32H54N2O4/c1-9-24(4)31(33(6)29(35)21-23(2)3)28(37-7)22-30(36)34-20-14-17-27(34)32(38-8)25(5)18-19-26-15-12-10-11-13-16-26/h10-13,15-16,23-28,31-32H,9,14,17-22H2,1-8H3. The van der Waals surface area contributed by atoms with Gasteiger partial charge in [-0.3, -0.25) is 9.59 Å². The van der Waals surface area contributed by atoms with Gasteiger partial charge in [0.15, 0.2) is 0 Å². The van der Waals surface area contributed by atoms with Gasteiger partial charge in [0, 0.05) is 34.2 Å². The first-order valence-corrected chi connectivity index (χ1v) is 14.8. The van der Waals surface area contributed by atoms with E-state index in [0.29, 0.717) is 18.3 Å². The van der Waals surface area contributed by atoms with Gasteiger partial charge in [0.1, 0.15) is 0 Å². The van der Waals surface area contributed by atoms with Crippen molar-refractivity contribution in [3.63, 3.8) is 0 Å². The highest BCUT2D eigenvalue weighted by Crippen LogP contribution is 2.31. The number of amides is 2. The molecule has 0 aromatic heterocycles. The Labute approximate surface area is 232 Å². The lowest BCUT2D eigenvalue weighted by Gasteiger charge is -2.39. The Morgan fingerprint density at radius 1 is 0.974 bits per heavy atom. The molecule has 6 heteroatoms. The second-order valence-corrected chi connectivity index (χ2v) is 11.8. The summed E-state index contributed by atoms with van der Waals surface area (Å²) in [4.78, 5) is 30.6. The second-order valence-electron chi connectivity index (χ2n) is 11.8. The van der Waals surface area contributed by atoms with Gasteiger partial charge >= 0.3 is 0 Å². The van der Waals surface area contributed by atoms with E-state index in [9.17, 15) is 9.59 Å². The maximum Gasteiger partial charge on any atom is 0.225 e. The highest BCUT2D eigenvalue weighted by atomic mass is 16.5. The lowest BCUT2D eigenvalue weighted by Crippen LogP contribution is -2.52. The number of nitrogens with zero attached hydrogens (tertiary/aromatic N) is 2. The van der Waals surface area contributed by atoms with Gasteiger partial charge in [0.05, 0.1) is 30.7 Å². The molecule has 0 aromatic rings. The van der Waals surface area contributed by atoms with Crippen molar-refractivity contribution in [3.05, 3.63) is 36.5 Å². The number of carbonyl (C=O) groups is 2. The largest absolute Gasteiger partial charge is 0.379 e. The third-order valence-corrected chi connectivity index (χ3v) is 8.55. The Balaban J connectivity index is 2.10. The normalized spacial score (nSPS) is 21.8. The summed E-state index contributed by atoms with van der Waals surface area (Å²) in [5.41, 5.74) is 0. The molecule has 0 spiro atoms. The Bertz CT molecular complexity index is 804. The van der Waals surface area contributed by atoms with E-state index in [4.69, 9.17) is 9.47 Å². The van der Waals surface area contributed by atoms with Crippen LogP contribution in [-0.2, 0) is 19.1 Å². The highest BCUT2D eigenvalue weighted by molar-refractivity contribution is 5.78. The zero-order valence-corrected chi connectivity index (χ0v) is 25.3. The summed E-state index contributed by atoms with van der Waals surface area (Å²) in [6.45, 7) is 11.4. The minimum atomic E-state index is -0.347. The van der Waals surface area contributed by atoms with Crippen LogP contribution >= 0.6 is 0 Å². The number of likely N-dealkylation sites (tertiary alicyclic amines) is 1. The zero-order valence-electron chi connectivity index (χ0n) is 25.3. The molecule has 1 aliphatic heterocycles. The first-order valence-electron chi connectivity index (χ1n) is 14.8. The molecule has 0 aromatic carbocycles. The first kappa shape index (κ1) is 32.3. The SMILES string of the molecule is CCC(C)C(C(CC(=O)N1CCCC1C(OC)C(C)CCC1C=CC=CC=C1)OC)N(C)C(=O)CC(C)C. The number of hydrogen-bond donors (Lipinski definition) is 0. The smallest absolute Gasteiger partial charge is 0.225 e. The summed E-state index contributed by atoms with van der Waals surface area (Å²) in [7, 11) is 5.32. The van der Waals surface area contributed by atoms with Gasteiger partial charge in [0.25, 0.3) is 0 Å². The summed E-state index contributed by atoms with van der Waals surface area (Å²) < 4.78 is 12.0. The van der Waals surface area contributed by atoms with Crippen LogP contribution in [0, 0.1) is 23.7 Å². The average Bonchev–Trinajstić information content (AvgIpc) is 3.22. The third kappa shape index (κ3) is 9.08. The van der Waals surface area contributed by atoms with Crippen LogP contribution in [0.25, 0.3) is 0 Å². The molecule has 1 heterocycles. The Morgan fingerprint density at radius 2 is 1.63 bits per heavy atom. The van der Waals surface area contributed by atoms with Crippen molar-refractivity contribution < 1.29 is 19.1 Å². The van der Waals surface area contributed by atoms with Gasteiger partial charge in [-0.05, 0) is 49.4 Å². The van der Waals surface area contributed by atoms with Crippen molar-refractivity contribution >= 4 is 11.8 Å². The molecule has 6 nitrogen and oxygen atoms in total. The van der Waals surface area contributed by atoms with Crippen LogP contribution in [0.1, 0.15) is 79.6 Å². The second kappa shape index (κ2) is 16.2. The average molecular weight is 531 g/mol. The Hall–Kier alpha value is -1.92. The number of carbonyl (C=O) groups excluding carboxylic acids is 2. The van der Waals surface area contributed by atoms with Gasteiger partial charge in [-0.15, -0.1) is 0 Å². The lowest BCUT2D eigenvalue weighted by molar-refractivity contribution is -0.145. The zero-order chi connectivity index (χ0) is 28.2. The number of hydrogen-bond acceptors (Lipinski definition) is 4. The van der Waals surface area contributed by atoms with Crippen LogP contribution in [0.4, 0.5) is 0 Å². The molecule has 1 fully saturated rings. The Kier molecular flexibility index (Phi) is 13.8. The molecule has 1 saturated heterocycles. The summed E-state index contributed by atoms with van der Waals surface area (Å²) in [6, 6.07) is -0.0715. The van der Waals surface area contributed by atoms with Crippen LogP contribution in [0.15, 0.2) is 36.5 Å². The molecule has 2 rings (SSSR count). The fourth-order valence-corrected chi connectivity index (χ4v) is 6.16. The fraction of sp³-hybridized carbons (Fsp3) is 0.750. The molecule has 6 atom stereocenters. The lowest BCUT2D eigenvalue weighted by atomic mass is 9.88. The van der Waals surface area contributed by atoms with E-state index in [1.807, 2.05) is 16.8 Å². The summed E-state index contributed by atoms with van der Waals surface area (Å²) >= 11 is 0. The molecule has 216 valence electrons. The van der Waals surface area contributed by atoms with Gasteiger partial charge in [0.2, 0.25) is 11.8 Å². The van der Waals surface area contributed by atoms with Crippen molar-refractivity contribution in [3.8, 4) is 0 Å². The third-order valence-electron chi connectivity index (χ3n) is 8.55. The molecular formula is C32H54N2O4. The van der Waals surface area contributed by atoms with Crippen molar-refractivity contribution in [2.24, 2.45) is 23.7 Å². The predicted molar refractivity (Wildman–Crippen MR) is 156 cm³/mol. The van der Waals surface area contributed by atoms with Gasteiger partial charge in [-0.1, -0.05) is 77.5 Å². The Morgan fingerprint density at radius 3 is 2.18 bits per heavy atom. The van der Waals surface area contributed by atoms with E-state index < -0.39 is 0 Å². The van der Waals surface area contributed by atoms with Crippen LogP contribution in [0.2, 0.25) is 0 Å². The summed E-state index contributed by atoms with van der Waals surface area (Å²) in [5.74, 6) is 1.49. The van der Waals surface area contributed by atoms with Gasteiger partial charge < -0.3 is 19.3 Å². The highest BCUT2D eigenvalue weighted by Gasteiger charge is 2.40. The molecule has 0 bridgehead atoms. The molecule has 0 N–H and O–H groups in total. The van der Waals surface area contributed by atoms with E-state index in [0.717, 1.165) is 38.6 Å². The molecule has 0 radical (unpaired) electrons. The number of methoxy groups -OCH3 is 2. The number of likely N-dealkylation sites (N-methyl/N-ethyl adjacent to an activating group) is 1. The van der Waals surface area contributed by atoms with E-state index >= 15 is 0 Å². The molecular weight excluding hydrogens is 476 g/mol. The van der Waals surface area contributed by atoms with Crippen LogP contribution < -0.4 is 0 Å². The van der Waals surface area contributed by atoms with Crippen LogP contribution in [0.3, 0.4) is 0 Å². The van der Waals surface area contributed by atoms with E-state index in [-0.39, 0.29) is 54.4 Å². The maximum atomic E-state index is 13.8. The minimum absolute atomic E-state index is 0.0000345. The van der Waals surface area contributed by atoms with E-state index in [1.165, 1.54) is 0 Å². The van der Waals surface area contributed by atoms with E-state index in [1.54, 1.807) is 14.2 Å². The first-order chi connectivity index (χ1) is 18.1. The number of allylic oxidation sites excluding steroid dienone is 6. The van der Waals surface area contributed by atoms with Gasteiger partial charge in [-0.25, -0.2) is 0 Å². The van der Waals surface area contributed by atoms with Gasteiger partial charge in [-0.2, -0.15) is 0 Å². The molecule has 6 unspecified atom stereocenters. The maximum absolute atomic E-state index is 13.8. The van der Waals surface area contributed by atoms with E-state index in [2.05, 4.69) is 71.1 Å². The predicted octanol–water partition coefficient (Wildman–Crippen LogP) is 6.03. The quantitative estimate of drug-likeness (QED) is 0.259. The number of rotatable bonds is 15. The minimum Gasteiger partial charge on any atom is -0.379 e.